The van der Waals surface area contributed by atoms with Crippen molar-refractivity contribution in [2.75, 3.05) is 23.0 Å². The van der Waals surface area contributed by atoms with E-state index in [4.69, 9.17) is 8.83 Å². The number of aryl methyl sites for hydroxylation is 1. The molecule has 0 bridgehead atoms. The van der Waals surface area contributed by atoms with E-state index in [1.807, 2.05) is 51.9 Å². The SMILES string of the molecule is O=S(=O)([O-])CCCN1/C(=C/c2sc3ccc4occc4c3[n+]2CCCS(=O)(=O)[O-])Sc2ccc3ccoc3c21. The Kier molecular flexibility index (Phi) is 6.72. The van der Waals surface area contributed by atoms with Gasteiger partial charge in [0, 0.05) is 34.8 Å². The third-order valence-electron chi connectivity index (χ3n) is 6.43. The van der Waals surface area contributed by atoms with Crippen molar-refractivity contribution in [3.8, 4) is 0 Å². The van der Waals surface area contributed by atoms with Crippen LogP contribution in [0.1, 0.15) is 17.8 Å². The molecule has 6 rings (SSSR count). The van der Waals surface area contributed by atoms with Crippen LogP contribution in [0.15, 0.2) is 67.7 Å². The predicted octanol–water partition coefficient (Wildman–Crippen LogP) is 4.46. The van der Waals surface area contributed by atoms with Gasteiger partial charge in [-0.2, -0.15) is 4.57 Å². The van der Waals surface area contributed by atoms with Crippen LogP contribution in [0, 0.1) is 0 Å². The molecule has 5 aromatic rings. The molecule has 0 unspecified atom stereocenters. The lowest BCUT2D eigenvalue weighted by Gasteiger charge is -2.20. The van der Waals surface area contributed by atoms with Gasteiger partial charge in [-0.15, -0.1) is 0 Å². The van der Waals surface area contributed by atoms with Gasteiger partial charge in [-0.25, -0.2) is 16.8 Å². The summed E-state index contributed by atoms with van der Waals surface area (Å²) in [6, 6.07) is 11.4. The zero-order chi connectivity index (χ0) is 27.4. The van der Waals surface area contributed by atoms with Crippen molar-refractivity contribution in [3.05, 3.63) is 59.0 Å². The summed E-state index contributed by atoms with van der Waals surface area (Å²) in [5.74, 6) is -0.975. The van der Waals surface area contributed by atoms with Crippen molar-refractivity contribution in [3.63, 3.8) is 0 Å². The second kappa shape index (κ2) is 9.94. The van der Waals surface area contributed by atoms with Gasteiger partial charge in [0.1, 0.15) is 10.3 Å². The third-order valence-corrected chi connectivity index (χ3v) is 10.2. The zero-order valence-corrected chi connectivity index (χ0v) is 23.5. The number of benzene rings is 2. The van der Waals surface area contributed by atoms with Gasteiger partial charge < -0.3 is 22.8 Å². The quantitative estimate of drug-likeness (QED) is 0.174. The van der Waals surface area contributed by atoms with Crippen molar-refractivity contribution in [1.82, 2.24) is 0 Å². The fourth-order valence-electron chi connectivity index (χ4n) is 4.83. The minimum absolute atomic E-state index is 0.129. The van der Waals surface area contributed by atoms with Crippen LogP contribution in [-0.4, -0.2) is 44.0 Å². The summed E-state index contributed by atoms with van der Waals surface area (Å²) in [6.45, 7) is 0.567. The Balaban J connectivity index is 1.46. The van der Waals surface area contributed by atoms with Gasteiger partial charge >= 0.3 is 0 Å². The highest BCUT2D eigenvalue weighted by Crippen LogP contribution is 2.50. The second-order valence-corrected chi connectivity index (χ2v) is 14.2. The average molecular weight is 606 g/mol. The Morgan fingerprint density at radius 3 is 2.49 bits per heavy atom. The highest BCUT2D eigenvalue weighted by atomic mass is 32.2. The van der Waals surface area contributed by atoms with E-state index in [-0.39, 0.29) is 19.4 Å². The Hall–Kier alpha value is -2.88. The molecule has 0 radical (unpaired) electrons. The minimum atomic E-state index is -4.37. The van der Waals surface area contributed by atoms with E-state index in [9.17, 15) is 25.9 Å². The maximum atomic E-state index is 11.3. The molecule has 2 aromatic carbocycles. The monoisotopic (exact) mass is 605 g/mol. The standard InChI is InChI=1S/C25H22N2O8S4/c28-38(29,30)13-1-9-26-21(36-19-6-4-18-17(23(19)26)8-12-34-18)15-22-27(10-2-14-39(31,32)33)24-20(37-22)5-3-16-7-11-35-25(16)24/h3-8,11-12,15H,1-2,9-10,13-14H2,(H-,28,29,30,31,32,33)/p-1. The predicted molar refractivity (Wildman–Crippen MR) is 148 cm³/mol. The lowest BCUT2D eigenvalue weighted by molar-refractivity contribution is -0.667. The normalized spacial score (nSPS) is 15.3. The summed E-state index contributed by atoms with van der Waals surface area (Å²) in [4.78, 5) is 2.89. The van der Waals surface area contributed by atoms with Crippen LogP contribution in [0.25, 0.3) is 38.2 Å². The molecule has 0 N–H and O–H groups in total. The Morgan fingerprint density at radius 1 is 0.923 bits per heavy atom. The lowest BCUT2D eigenvalue weighted by Crippen LogP contribution is -2.36. The number of rotatable bonds is 9. The van der Waals surface area contributed by atoms with Gasteiger partial charge in [-0.3, -0.25) is 0 Å². The fourth-order valence-corrected chi connectivity index (χ4v) is 8.13. The number of fused-ring (bicyclic) bond motifs is 6. The molecule has 0 spiro atoms. The number of aromatic nitrogens is 1. The van der Waals surface area contributed by atoms with Crippen LogP contribution < -0.4 is 9.47 Å². The van der Waals surface area contributed by atoms with Crippen LogP contribution in [0.4, 0.5) is 5.69 Å². The van der Waals surface area contributed by atoms with E-state index >= 15 is 0 Å². The van der Waals surface area contributed by atoms with Gasteiger partial charge in [0.05, 0.1) is 54.9 Å². The van der Waals surface area contributed by atoms with Crippen molar-refractivity contribution in [2.24, 2.45) is 0 Å². The first-order chi connectivity index (χ1) is 18.6. The molecule has 3 aromatic heterocycles. The van der Waals surface area contributed by atoms with Gasteiger partial charge in [0.2, 0.25) is 5.52 Å². The van der Waals surface area contributed by atoms with Crippen molar-refractivity contribution >= 4 is 87.3 Å². The molecule has 0 fully saturated rings. The molecule has 0 saturated heterocycles. The van der Waals surface area contributed by atoms with Crippen molar-refractivity contribution < 1.29 is 39.3 Å². The maximum Gasteiger partial charge on any atom is 0.265 e. The van der Waals surface area contributed by atoms with Crippen molar-refractivity contribution in [1.29, 1.82) is 0 Å². The van der Waals surface area contributed by atoms with Gasteiger partial charge in [-0.1, -0.05) is 23.1 Å². The van der Waals surface area contributed by atoms with E-state index < -0.39 is 31.7 Å². The zero-order valence-electron chi connectivity index (χ0n) is 20.2. The molecule has 39 heavy (non-hydrogen) atoms. The molecule has 0 atom stereocenters. The molecule has 1 aliphatic rings. The minimum Gasteiger partial charge on any atom is -0.748 e. The Labute approximate surface area is 232 Å². The van der Waals surface area contributed by atoms with Crippen LogP contribution >= 0.6 is 23.1 Å². The van der Waals surface area contributed by atoms with Gasteiger partial charge in [0.25, 0.3) is 5.01 Å². The number of anilines is 1. The molecule has 204 valence electrons. The molecule has 14 heteroatoms. The number of thiazole rings is 1. The first-order valence-corrected chi connectivity index (χ1v) is 16.7. The second-order valence-electron chi connectivity index (χ2n) is 9.05. The molecule has 1 aliphatic heterocycles. The summed E-state index contributed by atoms with van der Waals surface area (Å²) >= 11 is 3.00. The van der Waals surface area contributed by atoms with Gasteiger partial charge in [0.15, 0.2) is 12.1 Å². The van der Waals surface area contributed by atoms with E-state index in [1.165, 1.54) is 23.1 Å². The molecule has 0 amide bonds. The summed E-state index contributed by atoms with van der Waals surface area (Å²) in [5, 5.41) is 3.39. The van der Waals surface area contributed by atoms with Crippen LogP contribution in [0.5, 0.6) is 0 Å². The lowest BCUT2D eigenvalue weighted by atomic mass is 10.2. The molecular formula is C25H21N2O8S4-. The largest absolute Gasteiger partial charge is 0.748 e. The maximum absolute atomic E-state index is 11.3. The smallest absolute Gasteiger partial charge is 0.265 e. The average Bonchev–Trinajstić information content (AvgIpc) is 3.62. The van der Waals surface area contributed by atoms with Gasteiger partial charge in [-0.05, 0) is 42.8 Å². The molecular weight excluding hydrogens is 585 g/mol. The number of hydrogen-bond acceptors (Lipinski definition) is 11. The summed E-state index contributed by atoms with van der Waals surface area (Å²) < 4.78 is 82.1. The van der Waals surface area contributed by atoms with Crippen LogP contribution in [0.2, 0.25) is 0 Å². The summed E-state index contributed by atoms with van der Waals surface area (Å²) in [7, 11) is -8.75. The van der Waals surface area contributed by atoms with Crippen LogP contribution in [-0.2, 0) is 26.8 Å². The highest BCUT2D eigenvalue weighted by molar-refractivity contribution is 8.04. The summed E-state index contributed by atoms with van der Waals surface area (Å²) in [5.41, 5.74) is 3.03. The molecule has 0 aliphatic carbocycles. The molecule has 10 nitrogen and oxygen atoms in total. The number of hydrogen-bond donors (Lipinski definition) is 0. The molecule has 0 saturated carbocycles. The highest BCUT2D eigenvalue weighted by Gasteiger charge is 2.31. The topological polar surface area (TPSA) is 148 Å². The number of thioether (sulfide) groups is 1. The summed E-state index contributed by atoms with van der Waals surface area (Å²) in [6.07, 6.45) is 5.42. The fraction of sp³-hybridized carbons (Fsp3) is 0.240. The van der Waals surface area contributed by atoms with Crippen LogP contribution in [0.3, 0.4) is 0 Å². The van der Waals surface area contributed by atoms with E-state index in [0.29, 0.717) is 17.7 Å². The van der Waals surface area contributed by atoms with E-state index in [0.717, 1.165) is 41.6 Å². The Bertz CT molecular complexity index is 1970. The molecule has 4 heterocycles. The van der Waals surface area contributed by atoms with E-state index in [2.05, 4.69) is 0 Å². The third kappa shape index (κ3) is 5.32. The number of furan rings is 2. The van der Waals surface area contributed by atoms with E-state index in [1.54, 1.807) is 12.5 Å². The first kappa shape index (κ1) is 26.3. The Morgan fingerprint density at radius 2 is 1.69 bits per heavy atom. The van der Waals surface area contributed by atoms with Crippen molar-refractivity contribution in [2.45, 2.75) is 24.3 Å². The number of nitrogens with zero attached hydrogens (tertiary/aromatic N) is 2. The first-order valence-electron chi connectivity index (χ1n) is 11.9.